The van der Waals surface area contributed by atoms with Crippen LogP contribution in [0.25, 0.3) is 0 Å². The Morgan fingerprint density at radius 2 is 2.05 bits per heavy atom. The minimum Gasteiger partial charge on any atom is -0.493 e. The number of hydrogen-bond acceptors (Lipinski definition) is 4. The second kappa shape index (κ2) is 6.89. The van der Waals surface area contributed by atoms with Gasteiger partial charge in [-0.05, 0) is 30.5 Å². The summed E-state index contributed by atoms with van der Waals surface area (Å²) in [5, 5.41) is 3.29. The Kier molecular flexibility index (Phi) is 4.93. The van der Waals surface area contributed by atoms with Gasteiger partial charge in [0, 0.05) is 18.3 Å². The number of aryl methyl sites for hydroxylation is 1. The zero-order chi connectivity index (χ0) is 14.4. The largest absolute Gasteiger partial charge is 0.493 e. The van der Waals surface area contributed by atoms with Crippen LogP contribution in [-0.2, 0) is 6.54 Å². The molecule has 106 valence electrons. The lowest BCUT2D eigenvalue weighted by atomic mass is 10.2. The van der Waals surface area contributed by atoms with Gasteiger partial charge in [-0.2, -0.15) is 0 Å². The van der Waals surface area contributed by atoms with Crippen LogP contribution in [0, 0.1) is 12.8 Å². The maximum atomic E-state index is 5.73. The number of anilines is 1. The number of benzene rings is 1. The van der Waals surface area contributed by atoms with Crippen molar-refractivity contribution in [1.82, 2.24) is 9.97 Å². The smallest absolute Gasteiger partial charge is 0.129 e. The highest BCUT2D eigenvalue weighted by Gasteiger charge is 2.00. The van der Waals surface area contributed by atoms with Crippen molar-refractivity contribution in [2.45, 2.75) is 27.3 Å². The van der Waals surface area contributed by atoms with Gasteiger partial charge in [-0.3, -0.25) is 0 Å². The number of nitrogens with zero attached hydrogens (tertiary/aromatic N) is 2. The summed E-state index contributed by atoms with van der Waals surface area (Å²) in [5.74, 6) is 2.28. The number of rotatable bonds is 6. The molecule has 0 aliphatic rings. The van der Waals surface area contributed by atoms with Crippen molar-refractivity contribution < 1.29 is 4.74 Å². The van der Waals surface area contributed by atoms with Crippen LogP contribution in [0.4, 0.5) is 5.82 Å². The zero-order valence-electron chi connectivity index (χ0n) is 12.3. The molecule has 0 bridgehead atoms. The van der Waals surface area contributed by atoms with E-state index < -0.39 is 0 Å². The van der Waals surface area contributed by atoms with E-state index in [9.17, 15) is 0 Å². The highest BCUT2D eigenvalue weighted by molar-refractivity contribution is 5.37. The quantitative estimate of drug-likeness (QED) is 0.874. The van der Waals surface area contributed by atoms with Crippen molar-refractivity contribution in [2.24, 2.45) is 5.92 Å². The second-order valence-electron chi connectivity index (χ2n) is 5.25. The van der Waals surface area contributed by atoms with E-state index in [-0.39, 0.29) is 0 Å². The maximum absolute atomic E-state index is 5.73. The van der Waals surface area contributed by atoms with Crippen molar-refractivity contribution in [3.63, 3.8) is 0 Å². The van der Waals surface area contributed by atoms with Crippen LogP contribution >= 0.6 is 0 Å². The number of nitrogens with one attached hydrogen (secondary N) is 1. The summed E-state index contributed by atoms with van der Waals surface area (Å²) in [4.78, 5) is 8.26. The SMILES string of the molecule is Cc1cc(NCc2cccc(OCC(C)C)c2)ncn1. The summed E-state index contributed by atoms with van der Waals surface area (Å²) in [6, 6.07) is 10.1. The van der Waals surface area contributed by atoms with Crippen molar-refractivity contribution in [2.75, 3.05) is 11.9 Å². The molecule has 0 radical (unpaired) electrons. The highest BCUT2D eigenvalue weighted by atomic mass is 16.5. The first-order chi connectivity index (χ1) is 9.63. The van der Waals surface area contributed by atoms with Gasteiger partial charge in [-0.15, -0.1) is 0 Å². The molecule has 1 aromatic heterocycles. The van der Waals surface area contributed by atoms with E-state index >= 15 is 0 Å². The van der Waals surface area contributed by atoms with Gasteiger partial charge in [0.2, 0.25) is 0 Å². The van der Waals surface area contributed by atoms with E-state index in [0.29, 0.717) is 5.92 Å². The van der Waals surface area contributed by atoms with E-state index in [1.165, 1.54) is 5.56 Å². The van der Waals surface area contributed by atoms with Crippen LogP contribution in [0.3, 0.4) is 0 Å². The van der Waals surface area contributed by atoms with Crippen LogP contribution in [0.2, 0.25) is 0 Å². The molecular formula is C16H21N3O. The molecule has 4 nitrogen and oxygen atoms in total. The first kappa shape index (κ1) is 14.3. The molecule has 0 amide bonds. The Morgan fingerprint density at radius 1 is 1.20 bits per heavy atom. The van der Waals surface area contributed by atoms with Gasteiger partial charge in [0.05, 0.1) is 6.61 Å². The van der Waals surface area contributed by atoms with E-state index in [2.05, 4.69) is 41.3 Å². The summed E-state index contributed by atoms with van der Waals surface area (Å²) < 4.78 is 5.73. The summed E-state index contributed by atoms with van der Waals surface area (Å²) in [6.07, 6.45) is 1.57. The fourth-order valence-electron chi connectivity index (χ4n) is 1.75. The zero-order valence-corrected chi connectivity index (χ0v) is 12.3. The molecule has 0 spiro atoms. The minimum absolute atomic E-state index is 0.528. The van der Waals surface area contributed by atoms with Crippen LogP contribution in [0.1, 0.15) is 25.1 Å². The van der Waals surface area contributed by atoms with Crippen molar-refractivity contribution in [3.8, 4) is 5.75 Å². The molecule has 20 heavy (non-hydrogen) atoms. The van der Waals surface area contributed by atoms with E-state index in [0.717, 1.165) is 30.4 Å². The third-order valence-electron chi connectivity index (χ3n) is 2.76. The Labute approximate surface area is 120 Å². The predicted molar refractivity (Wildman–Crippen MR) is 80.9 cm³/mol. The van der Waals surface area contributed by atoms with Gasteiger partial charge in [-0.25, -0.2) is 9.97 Å². The van der Waals surface area contributed by atoms with Crippen molar-refractivity contribution in [1.29, 1.82) is 0 Å². The molecule has 2 aromatic rings. The standard InChI is InChI=1S/C16H21N3O/c1-12(2)10-20-15-6-4-5-14(8-15)9-17-16-7-13(3)18-11-19-16/h4-8,11-12H,9-10H2,1-3H3,(H,17,18,19). The normalized spacial score (nSPS) is 10.6. The molecule has 4 heteroatoms. The first-order valence-corrected chi connectivity index (χ1v) is 6.88. The molecule has 1 aromatic carbocycles. The Balaban J connectivity index is 1.94. The highest BCUT2D eigenvalue weighted by Crippen LogP contribution is 2.15. The fraction of sp³-hybridized carbons (Fsp3) is 0.375. The molecule has 0 saturated carbocycles. The summed E-state index contributed by atoms with van der Waals surface area (Å²) in [7, 11) is 0. The van der Waals surface area contributed by atoms with Crippen LogP contribution in [0.15, 0.2) is 36.7 Å². The Hall–Kier alpha value is -2.10. The van der Waals surface area contributed by atoms with Gasteiger partial charge >= 0.3 is 0 Å². The molecule has 2 rings (SSSR count). The molecule has 0 fully saturated rings. The third kappa shape index (κ3) is 4.53. The average Bonchev–Trinajstić information content (AvgIpc) is 2.43. The predicted octanol–water partition coefficient (Wildman–Crippen LogP) is 3.43. The lowest BCUT2D eigenvalue weighted by Crippen LogP contribution is -2.05. The molecule has 0 unspecified atom stereocenters. The minimum atomic E-state index is 0.528. The van der Waals surface area contributed by atoms with E-state index in [1.807, 2.05) is 25.1 Å². The van der Waals surface area contributed by atoms with Crippen molar-refractivity contribution in [3.05, 3.63) is 47.9 Å². The van der Waals surface area contributed by atoms with Crippen LogP contribution in [-0.4, -0.2) is 16.6 Å². The van der Waals surface area contributed by atoms with Gasteiger partial charge in [0.25, 0.3) is 0 Å². The van der Waals surface area contributed by atoms with Crippen molar-refractivity contribution >= 4 is 5.82 Å². The molecule has 1 heterocycles. The van der Waals surface area contributed by atoms with E-state index in [1.54, 1.807) is 6.33 Å². The van der Waals surface area contributed by atoms with E-state index in [4.69, 9.17) is 4.74 Å². The lowest BCUT2D eigenvalue weighted by Gasteiger charge is -2.10. The summed E-state index contributed by atoms with van der Waals surface area (Å²) in [6.45, 7) is 7.69. The van der Waals surface area contributed by atoms with Gasteiger partial charge in [-0.1, -0.05) is 26.0 Å². The monoisotopic (exact) mass is 271 g/mol. The van der Waals surface area contributed by atoms with Gasteiger partial charge in [0.15, 0.2) is 0 Å². The molecule has 1 N–H and O–H groups in total. The average molecular weight is 271 g/mol. The van der Waals surface area contributed by atoms with Crippen LogP contribution in [0.5, 0.6) is 5.75 Å². The second-order valence-corrected chi connectivity index (χ2v) is 5.25. The first-order valence-electron chi connectivity index (χ1n) is 6.88. The topological polar surface area (TPSA) is 47.0 Å². The molecular weight excluding hydrogens is 250 g/mol. The molecule has 0 saturated heterocycles. The fourth-order valence-corrected chi connectivity index (χ4v) is 1.75. The summed E-state index contributed by atoms with van der Waals surface area (Å²) in [5.41, 5.74) is 2.12. The molecule has 0 aliphatic heterocycles. The number of ether oxygens (including phenoxy) is 1. The lowest BCUT2D eigenvalue weighted by molar-refractivity contribution is 0.271. The Bertz CT molecular complexity index is 555. The van der Waals surface area contributed by atoms with Gasteiger partial charge < -0.3 is 10.1 Å². The maximum Gasteiger partial charge on any atom is 0.129 e. The third-order valence-corrected chi connectivity index (χ3v) is 2.76. The number of hydrogen-bond donors (Lipinski definition) is 1. The Morgan fingerprint density at radius 3 is 2.80 bits per heavy atom. The molecule has 0 atom stereocenters. The molecule has 0 aliphatic carbocycles. The summed E-state index contributed by atoms with van der Waals surface area (Å²) >= 11 is 0. The number of aromatic nitrogens is 2. The van der Waals surface area contributed by atoms with Gasteiger partial charge in [0.1, 0.15) is 17.9 Å². The van der Waals surface area contributed by atoms with Crippen LogP contribution < -0.4 is 10.1 Å².